The van der Waals surface area contributed by atoms with Crippen LogP contribution < -0.4 is 28.5 Å². The van der Waals surface area contributed by atoms with Gasteiger partial charge >= 0.3 is 0 Å². The highest BCUT2D eigenvalue weighted by Crippen LogP contribution is 2.17. The number of carbonyl (C=O) groups excluding carboxylic acids is 1. The first kappa shape index (κ1) is 16.8. The standard InChI is InChI=1S/C17H20NO.HI/c1-12-5-7-18(8-6-12)11-16(19)17-14(3)9-13(2)10-15(17)4;/h5-10H,11H2,1-4H3;1H/q+1;/p-1. The maximum absolute atomic E-state index is 12.4. The van der Waals surface area contributed by atoms with Gasteiger partial charge in [0.1, 0.15) is 0 Å². The van der Waals surface area contributed by atoms with Crippen molar-refractivity contribution in [3.63, 3.8) is 0 Å². The van der Waals surface area contributed by atoms with Gasteiger partial charge in [-0.2, -0.15) is 4.57 Å². The second-order valence-corrected chi connectivity index (χ2v) is 5.24. The van der Waals surface area contributed by atoms with Gasteiger partial charge in [-0.1, -0.05) is 17.7 Å². The van der Waals surface area contributed by atoms with Crippen LogP contribution in [0.1, 0.15) is 32.6 Å². The van der Waals surface area contributed by atoms with E-state index in [1.165, 1.54) is 11.1 Å². The fourth-order valence-electron chi connectivity index (χ4n) is 2.50. The predicted molar refractivity (Wildman–Crippen MR) is 76.4 cm³/mol. The molecule has 0 aliphatic carbocycles. The van der Waals surface area contributed by atoms with Gasteiger partial charge < -0.3 is 24.0 Å². The SMILES string of the molecule is Cc1cc[n+](CC(=O)c2c(C)cc(C)cc2C)cc1.[I-]. The van der Waals surface area contributed by atoms with E-state index in [9.17, 15) is 4.79 Å². The number of hydrogen-bond donors (Lipinski definition) is 0. The molecule has 0 saturated heterocycles. The molecular weight excluding hydrogens is 361 g/mol. The van der Waals surface area contributed by atoms with E-state index in [0.29, 0.717) is 6.54 Å². The van der Waals surface area contributed by atoms with Gasteiger partial charge in [-0.25, -0.2) is 0 Å². The van der Waals surface area contributed by atoms with Gasteiger partial charge in [-0.05, 0) is 44.4 Å². The first-order chi connectivity index (χ1) is 8.97. The summed E-state index contributed by atoms with van der Waals surface area (Å²) >= 11 is 0. The summed E-state index contributed by atoms with van der Waals surface area (Å²) in [6.07, 6.45) is 3.90. The quantitative estimate of drug-likeness (QED) is 0.420. The van der Waals surface area contributed by atoms with Crippen molar-refractivity contribution in [3.8, 4) is 0 Å². The van der Waals surface area contributed by atoms with E-state index < -0.39 is 0 Å². The topological polar surface area (TPSA) is 20.9 Å². The Bertz CT molecular complexity index is 594. The van der Waals surface area contributed by atoms with Crippen LogP contribution in [-0.2, 0) is 6.54 Å². The van der Waals surface area contributed by atoms with Crippen LogP contribution in [0.25, 0.3) is 0 Å². The van der Waals surface area contributed by atoms with E-state index in [1.54, 1.807) is 0 Å². The molecule has 0 amide bonds. The minimum Gasteiger partial charge on any atom is -1.00 e. The Labute approximate surface area is 137 Å². The number of carbonyl (C=O) groups is 1. The van der Waals surface area contributed by atoms with Crippen molar-refractivity contribution < 1.29 is 33.3 Å². The maximum atomic E-state index is 12.4. The highest BCUT2D eigenvalue weighted by atomic mass is 127. The Balaban J connectivity index is 0.00000200. The molecule has 0 spiro atoms. The second-order valence-electron chi connectivity index (χ2n) is 5.24. The summed E-state index contributed by atoms with van der Waals surface area (Å²) in [6, 6.07) is 8.17. The van der Waals surface area contributed by atoms with E-state index in [2.05, 4.69) is 19.1 Å². The number of nitrogens with zero attached hydrogens (tertiary/aromatic N) is 1. The molecule has 0 aliphatic heterocycles. The molecule has 2 aromatic rings. The largest absolute Gasteiger partial charge is 1.00 e. The van der Waals surface area contributed by atoms with Gasteiger partial charge in [0.05, 0.1) is 0 Å². The Morgan fingerprint density at radius 3 is 1.95 bits per heavy atom. The zero-order valence-corrected chi connectivity index (χ0v) is 14.6. The molecule has 0 N–H and O–H groups in total. The van der Waals surface area contributed by atoms with Crippen molar-refractivity contribution in [3.05, 3.63) is 64.5 Å². The summed E-state index contributed by atoms with van der Waals surface area (Å²) in [4.78, 5) is 12.4. The molecule has 0 unspecified atom stereocenters. The number of rotatable bonds is 3. The molecule has 0 fully saturated rings. The third-order valence-corrected chi connectivity index (χ3v) is 3.34. The Morgan fingerprint density at radius 1 is 0.950 bits per heavy atom. The lowest BCUT2D eigenvalue weighted by Gasteiger charge is -2.08. The zero-order valence-electron chi connectivity index (χ0n) is 12.4. The fraction of sp³-hybridized carbons (Fsp3) is 0.294. The van der Waals surface area contributed by atoms with Crippen molar-refractivity contribution >= 4 is 5.78 Å². The van der Waals surface area contributed by atoms with Crippen LogP contribution in [0.4, 0.5) is 0 Å². The molecule has 2 rings (SSSR count). The molecule has 3 heteroatoms. The van der Waals surface area contributed by atoms with Crippen molar-refractivity contribution in [1.29, 1.82) is 0 Å². The predicted octanol–water partition coefficient (Wildman–Crippen LogP) is 0.0947. The molecule has 1 aromatic heterocycles. The molecule has 0 saturated carbocycles. The van der Waals surface area contributed by atoms with Crippen molar-refractivity contribution in [1.82, 2.24) is 0 Å². The zero-order chi connectivity index (χ0) is 14.0. The average molecular weight is 381 g/mol. The van der Waals surface area contributed by atoms with Crippen LogP contribution in [0.5, 0.6) is 0 Å². The highest BCUT2D eigenvalue weighted by molar-refractivity contribution is 5.97. The number of ketones is 1. The lowest BCUT2D eigenvalue weighted by Crippen LogP contribution is -3.00. The summed E-state index contributed by atoms with van der Waals surface area (Å²) in [5, 5.41) is 0. The molecule has 106 valence electrons. The minimum atomic E-state index is 0. The van der Waals surface area contributed by atoms with Crippen molar-refractivity contribution in [2.45, 2.75) is 34.2 Å². The molecular formula is C17H20INO. The van der Waals surface area contributed by atoms with Gasteiger partial charge in [-0.3, -0.25) is 4.79 Å². The maximum Gasteiger partial charge on any atom is 0.228 e. The molecule has 20 heavy (non-hydrogen) atoms. The highest BCUT2D eigenvalue weighted by Gasteiger charge is 2.16. The van der Waals surface area contributed by atoms with Crippen LogP contribution in [0.3, 0.4) is 0 Å². The number of halogens is 1. The van der Waals surface area contributed by atoms with Crippen LogP contribution in [0, 0.1) is 27.7 Å². The summed E-state index contributed by atoms with van der Waals surface area (Å²) in [5.74, 6) is 0.170. The number of pyridine rings is 1. The third kappa shape index (κ3) is 3.88. The molecule has 0 aliphatic rings. The Hall–Kier alpha value is -1.23. The first-order valence-electron chi connectivity index (χ1n) is 6.54. The third-order valence-electron chi connectivity index (χ3n) is 3.34. The van der Waals surface area contributed by atoms with Crippen molar-refractivity contribution in [2.24, 2.45) is 0 Å². The first-order valence-corrected chi connectivity index (χ1v) is 6.54. The second kappa shape index (κ2) is 6.97. The summed E-state index contributed by atoms with van der Waals surface area (Å²) in [6.45, 7) is 8.51. The van der Waals surface area contributed by atoms with E-state index >= 15 is 0 Å². The van der Waals surface area contributed by atoms with Crippen LogP contribution in [0.2, 0.25) is 0 Å². The molecule has 1 aromatic carbocycles. The average Bonchev–Trinajstić information content (AvgIpc) is 2.30. The summed E-state index contributed by atoms with van der Waals surface area (Å²) < 4.78 is 1.92. The number of aryl methyl sites for hydroxylation is 4. The molecule has 2 nitrogen and oxygen atoms in total. The van der Waals surface area contributed by atoms with Gasteiger partial charge in [-0.15, -0.1) is 0 Å². The fourth-order valence-corrected chi connectivity index (χ4v) is 2.50. The van der Waals surface area contributed by atoms with E-state index in [0.717, 1.165) is 16.7 Å². The Kier molecular flexibility index (Phi) is 5.87. The number of Topliss-reactive ketones (excluding diaryl/α,β-unsaturated/α-hetero) is 1. The summed E-state index contributed by atoms with van der Waals surface area (Å²) in [5.41, 5.74) is 5.39. The van der Waals surface area contributed by atoms with Crippen molar-refractivity contribution in [2.75, 3.05) is 0 Å². The minimum absolute atomic E-state index is 0. The van der Waals surface area contributed by atoms with E-state index in [-0.39, 0.29) is 29.8 Å². The van der Waals surface area contributed by atoms with Crippen LogP contribution in [0.15, 0.2) is 36.7 Å². The molecule has 0 radical (unpaired) electrons. The van der Waals surface area contributed by atoms with Gasteiger partial charge in [0, 0.05) is 17.7 Å². The molecule has 0 bridgehead atoms. The number of benzene rings is 1. The summed E-state index contributed by atoms with van der Waals surface area (Å²) in [7, 11) is 0. The lowest BCUT2D eigenvalue weighted by atomic mass is 9.96. The monoisotopic (exact) mass is 381 g/mol. The number of aromatic nitrogens is 1. The number of hydrogen-bond acceptors (Lipinski definition) is 1. The van der Waals surface area contributed by atoms with Gasteiger partial charge in [0.25, 0.3) is 0 Å². The van der Waals surface area contributed by atoms with Gasteiger partial charge in [0.2, 0.25) is 12.3 Å². The van der Waals surface area contributed by atoms with E-state index in [1.807, 2.05) is 49.9 Å². The van der Waals surface area contributed by atoms with Crippen LogP contribution in [-0.4, -0.2) is 5.78 Å². The Morgan fingerprint density at radius 2 is 1.45 bits per heavy atom. The molecule has 1 heterocycles. The van der Waals surface area contributed by atoms with Gasteiger partial charge in [0.15, 0.2) is 12.4 Å². The normalized spacial score (nSPS) is 10.0. The lowest BCUT2D eigenvalue weighted by molar-refractivity contribution is -0.683. The van der Waals surface area contributed by atoms with E-state index in [4.69, 9.17) is 0 Å². The molecule has 0 atom stereocenters. The smallest absolute Gasteiger partial charge is 0.228 e. The van der Waals surface area contributed by atoms with Crippen LogP contribution >= 0.6 is 0 Å².